The summed E-state index contributed by atoms with van der Waals surface area (Å²) < 4.78 is 5.43. The summed E-state index contributed by atoms with van der Waals surface area (Å²) >= 11 is 1.36. The third kappa shape index (κ3) is 3.73. The van der Waals surface area contributed by atoms with Crippen molar-refractivity contribution >= 4 is 23.2 Å². The number of benzene rings is 1. The van der Waals surface area contributed by atoms with Crippen molar-refractivity contribution in [1.29, 1.82) is 0 Å². The zero-order valence-electron chi connectivity index (χ0n) is 16.4. The number of ether oxygens (including phenoxy) is 1. The highest BCUT2D eigenvalue weighted by molar-refractivity contribution is 7.17. The third-order valence-electron chi connectivity index (χ3n) is 5.21. The first kappa shape index (κ1) is 19.9. The van der Waals surface area contributed by atoms with Crippen LogP contribution in [0.4, 0.5) is 0 Å². The van der Waals surface area contributed by atoms with E-state index in [-0.39, 0.29) is 17.5 Å². The molecule has 1 aliphatic rings. The maximum absolute atomic E-state index is 13.1. The lowest BCUT2D eigenvalue weighted by Gasteiger charge is -2.26. The Kier molecular flexibility index (Phi) is 5.41. The van der Waals surface area contributed by atoms with E-state index in [0.29, 0.717) is 23.5 Å². The van der Waals surface area contributed by atoms with Crippen LogP contribution in [0.25, 0.3) is 10.4 Å². The van der Waals surface area contributed by atoms with Crippen molar-refractivity contribution in [2.24, 2.45) is 5.73 Å². The summed E-state index contributed by atoms with van der Waals surface area (Å²) in [7, 11) is 1.54. The second-order valence-electron chi connectivity index (χ2n) is 7.10. The number of amides is 2. The van der Waals surface area contributed by atoms with Crippen LogP contribution in [0.2, 0.25) is 0 Å². The van der Waals surface area contributed by atoms with Crippen LogP contribution in [-0.2, 0) is 6.42 Å². The SMILES string of the molecule is COc1cc(-c2ccccc2)sc1C(=O)NC1CCCc2[nH]c(=O)c(C(N)=O)cc21. The molecule has 3 aromatic rings. The van der Waals surface area contributed by atoms with E-state index in [1.165, 1.54) is 24.5 Å². The van der Waals surface area contributed by atoms with E-state index in [2.05, 4.69) is 10.3 Å². The molecule has 0 saturated heterocycles. The van der Waals surface area contributed by atoms with E-state index in [9.17, 15) is 14.4 Å². The minimum absolute atomic E-state index is 0.102. The number of nitrogens with one attached hydrogen (secondary N) is 2. The Labute approximate surface area is 176 Å². The molecule has 1 aromatic carbocycles. The normalized spacial score (nSPS) is 15.3. The van der Waals surface area contributed by atoms with Gasteiger partial charge in [-0.3, -0.25) is 14.4 Å². The van der Waals surface area contributed by atoms with Gasteiger partial charge in [-0.15, -0.1) is 11.3 Å². The van der Waals surface area contributed by atoms with Gasteiger partial charge in [0.1, 0.15) is 16.2 Å². The number of hydrogen-bond acceptors (Lipinski definition) is 5. The van der Waals surface area contributed by atoms with Gasteiger partial charge in [-0.05, 0) is 42.5 Å². The first-order valence-corrected chi connectivity index (χ1v) is 10.4. The Morgan fingerprint density at radius 3 is 2.70 bits per heavy atom. The monoisotopic (exact) mass is 423 g/mol. The third-order valence-corrected chi connectivity index (χ3v) is 6.37. The number of aromatic amines is 1. The van der Waals surface area contributed by atoms with Crippen LogP contribution < -0.4 is 21.3 Å². The fourth-order valence-electron chi connectivity index (χ4n) is 3.73. The Bertz CT molecular complexity index is 1170. The van der Waals surface area contributed by atoms with E-state index in [1.54, 1.807) is 0 Å². The van der Waals surface area contributed by atoms with Gasteiger partial charge in [0, 0.05) is 10.6 Å². The van der Waals surface area contributed by atoms with Crippen LogP contribution in [0.3, 0.4) is 0 Å². The molecule has 0 spiro atoms. The van der Waals surface area contributed by atoms with E-state index in [4.69, 9.17) is 10.5 Å². The number of carbonyl (C=O) groups is 2. The van der Waals surface area contributed by atoms with Crippen LogP contribution in [0.5, 0.6) is 5.75 Å². The molecule has 1 aliphatic carbocycles. The van der Waals surface area contributed by atoms with Gasteiger partial charge in [0.25, 0.3) is 17.4 Å². The average Bonchev–Trinajstić information content (AvgIpc) is 3.18. The lowest BCUT2D eigenvalue weighted by molar-refractivity contribution is 0.0933. The van der Waals surface area contributed by atoms with E-state index in [1.807, 2.05) is 36.4 Å². The minimum Gasteiger partial charge on any atom is -0.495 e. The second-order valence-corrected chi connectivity index (χ2v) is 8.15. The Hall–Kier alpha value is -3.39. The molecule has 1 unspecified atom stereocenters. The van der Waals surface area contributed by atoms with Crippen molar-refractivity contribution in [3.8, 4) is 16.2 Å². The molecule has 0 radical (unpaired) electrons. The number of hydrogen-bond donors (Lipinski definition) is 3. The smallest absolute Gasteiger partial charge is 0.265 e. The highest BCUT2D eigenvalue weighted by Gasteiger charge is 2.27. The van der Waals surface area contributed by atoms with Crippen LogP contribution in [0.15, 0.2) is 47.3 Å². The molecule has 1 atom stereocenters. The van der Waals surface area contributed by atoms with Gasteiger partial charge < -0.3 is 20.8 Å². The molecule has 154 valence electrons. The fraction of sp³-hybridized carbons (Fsp3) is 0.227. The molecule has 2 heterocycles. The fourth-order valence-corrected chi connectivity index (χ4v) is 4.76. The number of aryl methyl sites for hydroxylation is 1. The van der Waals surface area contributed by atoms with Crippen molar-refractivity contribution in [2.75, 3.05) is 7.11 Å². The quantitative estimate of drug-likeness (QED) is 0.585. The molecule has 0 aliphatic heterocycles. The molecular weight excluding hydrogens is 402 g/mol. The average molecular weight is 423 g/mol. The summed E-state index contributed by atoms with van der Waals surface area (Å²) in [5.74, 6) is -0.544. The Balaban J connectivity index is 1.64. The zero-order chi connectivity index (χ0) is 21.3. The summed E-state index contributed by atoms with van der Waals surface area (Å²) in [4.78, 5) is 40.9. The number of rotatable bonds is 5. The van der Waals surface area contributed by atoms with Crippen molar-refractivity contribution < 1.29 is 14.3 Å². The van der Waals surface area contributed by atoms with E-state index >= 15 is 0 Å². The van der Waals surface area contributed by atoms with Crippen LogP contribution in [-0.4, -0.2) is 23.9 Å². The summed E-state index contributed by atoms with van der Waals surface area (Å²) in [5, 5.41) is 3.03. The number of thiophene rings is 1. The van der Waals surface area contributed by atoms with Crippen LogP contribution in [0.1, 0.15) is 50.2 Å². The van der Waals surface area contributed by atoms with Gasteiger partial charge >= 0.3 is 0 Å². The van der Waals surface area contributed by atoms with Gasteiger partial charge in [-0.25, -0.2) is 0 Å². The van der Waals surface area contributed by atoms with Crippen LogP contribution >= 0.6 is 11.3 Å². The second kappa shape index (κ2) is 8.16. The number of H-pyrrole nitrogens is 1. The van der Waals surface area contributed by atoms with Gasteiger partial charge in [0.2, 0.25) is 0 Å². The molecule has 0 saturated carbocycles. The first-order chi connectivity index (χ1) is 14.5. The van der Waals surface area contributed by atoms with Gasteiger partial charge in [0.05, 0.1) is 13.2 Å². The van der Waals surface area contributed by atoms with Gasteiger partial charge in [0.15, 0.2) is 0 Å². The number of methoxy groups -OCH3 is 1. The molecule has 4 rings (SSSR count). The predicted molar refractivity (Wildman–Crippen MR) is 115 cm³/mol. The lowest BCUT2D eigenvalue weighted by atomic mass is 9.90. The van der Waals surface area contributed by atoms with E-state index < -0.39 is 11.5 Å². The summed E-state index contributed by atoms with van der Waals surface area (Å²) in [6.07, 6.45) is 2.18. The number of pyridine rings is 1. The topological polar surface area (TPSA) is 114 Å². The largest absolute Gasteiger partial charge is 0.495 e. The van der Waals surface area contributed by atoms with Gasteiger partial charge in [-0.2, -0.15) is 0 Å². The molecule has 0 bridgehead atoms. The predicted octanol–water partition coefficient (Wildman–Crippen LogP) is 3.02. The summed E-state index contributed by atoms with van der Waals surface area (Å²) in [6, 6.07) is 12.8. The number of carbonyl (C=O) groups excluding carboxylic acids is 2. The molecule has 2 aromatic heterocycles. The lowest BCUT2D eigenvalue weighted by Crippen LogP contribution is -2.34. The molecular formula is C22H21N3O4S. The minimum atomic E-state index is -0.790. The zero-order valence-corrected chi connectivity index (χ0v) is 17.2. The molecule has 2 amide bonds. The van der Waals surface area contributed by atoms with Crippen molar-refractivity contribution in [2.45, 2.75) is 25.3 Å². The molecule has 7 nitrogen and oxygen atoms in total. The number of aromatic nitrogens is 1. The number of primary amides is 1. The number of fused-ring (bicyclic) bond motifs is 1. The maximum atomic E-state index is 13.1. The molecule has 0 fully saturated rings. The van der Waals surface area contributed by atoms with E-state index in [0.717, 1.165) is 28.1 Å². The molecule has 30 heavy (non-hydrogen) atoms. The summed E-state index contributed by atoms with van der Waals surface area (Å²) in [6.45, 7) is 0. The highest BCUT2D eigenvalue weighted by Crippen LogP contribution is 2.37. The van der Waals surface area contributed by atoms with Crippen molar-refractivity contribution in [1.82, 2.24) is 10.3 Å². The molecule has 8 heteroatoms. The number of nitrogens with two attached hydrogens (primary N) is 1. The summed E-state index contributed by atoms with van der Waals surface area (Å²) in [5.41, 5.74) is 7.18. The maximum Gasteiger partial charge on any atom is 0.265 e. The Morgan fingerprint density at radius 2 is 2.00 bits per heavy atom. The van der Waals surface area contributed by atoms with Crippen molar-refractivity contribution in [3.05, 3.63) is 74.5 Å². The Morgan fingerprint density at radius 1 is 1.23 bits per heavy atom. The van der Waals surface area contributed by atoms with Gasteiger partial charge in [-0.1, -0.05) is 30.3 Å². The first-order valence-electron chi connectivity index (χ1n) is 9.58. The standard InChI is InChI=1S/C22H21N3O4S/c1-29-17-11-18(12-6-3-2-4-7-12)30-19(17)22(28)25-16-9-5-8-15-13(16)10-14(20(23)26)21(27)24-15/h2-4,6-7,10-11,16H,5,8-9H2,1H3,(H2,23,26)(H,24,27)(H,25,28). The highest BCUT2D eigenvalue weighted by atomic mass is 32.1. The van der Waals surface area contributed by atoms with Crippen LogP contribution in [0, 0.1) is 0 Å². The molecule has 4 N–H and O–H groups in total. The van der Waals surface area contributed by atoms with Crippen molar-refractivity contribution in [3.63, 3.8) is 0 Å².